The summed E-state index contributed by atoms with van der Waals surface area (Å²) in [4.78, 5) is 25.8. The predicted octanol–water partition coefficient (Wildman–Crippen LogP) is 7.21. The van der Waals surface area contributed by atoms with Crippen molar-refractivity contribution in [2.75, 3.05) is 5.32 Å². The molecule has 0 spiro atoms. The number of carbonyl (C=O) groups is 2. The highest BCUT2D eigenvalue weighted by Gasteiger charge is 2.62. The molecule has 2 amide bonds. The van der Waals surface area contributed by atoms with Gasteiger partial charge in [-0.15, -0.1) is 0 Å². The average molecular weight is 656 g/mol. The number of carbonyl (C=O) groups excluding carboxylic acids is 2. The van der Waals surface area contributed by atoms with Crippen LogP contribution in [0, 0.1) is 34.5 Å². The van der Waals surface area contributed by atoms with Crippen LogP contribution in [0.15, 0.2) is 18.2 Å². The number of hydrogen-bond acceptors (Lipinski definition) is 2. The lowest BCUT2D eigenvalue weighted by molar-refractivity contribution is -0.141. The molecule has 4 aliphatic rings. The molecule has 4 fully saturated rings. The molecule has 5 unspecified atom stereocenters. The number of anilines is 1. The SMILES string of the molecule is C[C@]12CC(I)C(=O)NC1CCC1C2CC[C@@]2(C)C1CC[C@@H]2C(=O)Nc1cc(C(F)(F)F)ccc1C(F)(F)F. The fourth-order valence-corrected chi connectivity index (χ4v) is 9.58. The van der Waals surface area contributed by atoms with E-state index in [0.717, 1.165) is 32.1 Å². The average Bonchev–Trinajstić information content (AvgIpc) is 3.16. The molecule has 4 nitrogen and oxygen atoms in total. The zero-order chi connectivity index (χ0) is 27.8. The molecule has 0 bridgehead atoms. The normalized spacial score (nSPS) is 39.0. The van der Waals surface area contributed by atoms with Crippen molar-refractivity contribution < 1.29 is 35.9 Å². The number of halogens is 7. The van der Waals surface area contributed by atoms with Crippen molar-refractivity contribution in [3.05, 3.63) is 29.3 Å². The number of amides is 2. The second kappa shape index (κ2) is 9.26. The molecule has 0 radical (unpaired) electrons. The van der Waals surface area contributed by atoms with Gasteiger partial charge < -0.3 is 10.6 Å². The van der Waals surface area contributed by atoms with E-state index in [4.69, 9.17) is 0 Å². The first kappa shape index (κ1) is 28.0. The van der Waals surface area contributed by atoms with Gasteiger partial charge in [0.1, 0.15) is 0 Å². The van der Waals surface area contributed by atoms with E-state index in [2.05, 4.69) is 40.1 Å². The molecular weight excluding hydrogens is 625 g/mol. The number of fused-ring (bicyclic) bond motifs is 5. The number of rotatable bonds is 2. The summed E-state index contributed by atoms with van der Waals surface area (Å²) in [5.41, 5.74) is -3.88. The number of hydrogen-bond donors (Lipinski definition) is 2. The third-order valence-corrected chi connectivity index (χ3v) is 11.3. The fourth-order valence-electron chi connectivity index (χ4n) is 8.45. The van der Waals surface area contributed by atoms with E-state index in [9.17, 15) is 35.9 Å². The molecule has 1 heterocycles. The van der Waals surface area contributed by atoms with Crippen molar-refractivity contribution >= 4 is 40.1 Å². The van der Waals surface area contributed by atoms with Crippen molar-refractivity contribution in [1.82, 2.24) is 5.32 Å². The van der Waals surface area contributed by atoms with Crippen molar-refractivity contribution in [3.63, 3.8) is 0 Å². The summed E-state index contributed by atoms with van der Waals surface area (Å²) in [6, 6.07) is 1.27. The van der Waals surface area contributed by atoms with Crippen LogP contribution >= 0.6 is 22.6 Å². The first-order valence-corrected chi connectivity index (χ1v) is 14.3. The van der Waals surface area contributed by atoms with Crippen molar-refractivity contribution in [2.45, 2.75) is 81.1 Å². The number of benzene rings is 1. The fraction of sp³-hybridized carbons (Fsp3) is 0.704. The lowest BCUT2D eigenvalue weighted by Crippen LogP contribution is -2.63. The van der Waals surface area contributed by atoms with Gasteiger partial charge in [-0.1, -0.05) is 36.4 Å². The zero-order valence-corrected chi connectivity index (χ0v) is 23.3. The summed E-state index contributed by atoms with van der Waals surface area (Å²) in [7, 11) is 0. The van der Waals surface area contributed by atoms with Gasteiger partial charge in [-0.2, -0.15) is 26.3 Å². The van der Waals surface area contributed by atoms with E-state index >= 15 is 0 Å². The van der Waals surface area contributed by atoms with Gasteiger partial charge >= 0.3 is 12.4 Å². The minimum absolute atomic E-state index is 0.0516. The van der Waals surface area contributed by atoms with Crippen LogP contribution < -0.4 is 10.6 Å². The van der Waals surface area contributed by atoms with Gasteiger partial charge in [0.15, 0.2) is 0 Å². The summed E-state index contributed by atoms with van der Waals surface area (Å²) < 4.78 is 80.5. The third-order valence-electron chi connectivity index (χ3n) is 10.3. The summed E-state index contributed by atoms with van der Waals surface area (Å²) in [6.07, 6.45) is -4.36. The van der Waals surface area contributed by atoms with Gasteiger partial charge in [-0.25, -0.2) is 0 Å². The molecule has 3 saturated carbocycles. The Bertz CT molecular complexity index is 1140. The second-order valence-electron chi connectivity index (χ2n) is 12.1. The van der Waals surface area contributed by atoms with E-state index in [1.54, 1.807) is 0 Å². The molecule has 1 aromatic rings. The summed E-state index contributed by atoms with van der Waals surface area (Å²) >= 11 is 2.20. The standard InChI is InChI=1S/C27H31F6IN2O2/c1-24-10-9-16-14(4-8-21-25(16,2)12-19(34)23(38)36-21)15(24)6-7-18(24)22(37)35-20-11-13(26(28,29)30)3-5-17(20)27(31,32)33/h3,5,11,14-16,18-19,21H,4,6-10,12H2,1-2H3,(H,35,37)(H,36,38)/t14?,15?,16?,18-,19?,21?,24+,25-/m1/s1. The molecule has 5 rings (SSSR count). The van der Waals surface area contributed by atoms with Crippen molar-refractivity contribution in [1.29, 1.82) is 0 Å². The van der Waals surface area contributed by atoms with Gasteiger partial charge in [-0.3, -0.25) is 9.59 Å². The maximum atomic E-state index is 13.6. The Kier molecular flexibility index (Phi) is 6.83. The summed E-state index contributed by atoms with van der Waals surface area (Å²) in [6.45, 7) is 4.29. The van der Waals surface area contributed by atoms with Crippen molar-refractivity contribution in [3.8, 4) is 0 Å². The number of alkyl halides is 7. The Morgan fingerprint density at radius 3 is 2.32 bits per heavy atom. The van der Waals surface area contributed by atoms with Crippen LogP contribution in [0.5, 0.6) is 0 Å². The quantitative estimate of drug-likeness (QED) is 0.201. The Balaban J connectivity index is 1.39. The van der Waals surface area contributed by atoms with Gasteiger partial charge in [0.25, 0.3) is 0 Å². The van der Waals surface area contributed by atoms with Gasteiger partial charge in [-0.05, 0) is 91.7 Å². The minimum atomic E-state index is -4.91. The van der Waals surface area contributed by atoms with Crippen molar-refractivity contribution in [2.24, 2.45) is 34.5 Å². The molecular formula is C27H31F6IN2O2. The minimum Gasteiger partial charge on any atom is -0.352 e. The maximum absolute atomic E-state index is 13.6. The van der Waals surface area contributed by atoms with E-state index < -0.39 is 46.4 Å². The van der Waals surface area contributed by atoms with Crippen LogP contribution in [0.2, 0.25) is 0 Å². The third kappa shape index (κ3) is 4.52. The number of piperidine rings is 1. The molecule has 210 valence electrons. The van der Waals surface area contributed by atoms with Crippen LogP contribution in [0.1, 0.15) is 69.9 Å². The molecule has 8 atom stereocenters. The second-order valence-corrected chi connectivity index (χ2v) is 13.6. The summed E-state index contributed by atoms with van der Waals surface area (Å²) in [5.74, 6) is -0.236. The van der Waals surface area contributed by atoms with Crippen LogP contribution in [-0.2, 0) is 21.9 Å². The van der Waals surface area contributed by atoms with Gasteiger partial charge in [0.2, 0.25) is 11.8 Å². The Hall–Kier alpha value is -1.53. The topological polar surface area (TPSA) is 58.2 Å². The van der Waals surface area contributed by atoms with Gasteiger partial charge in [0.05, 0.1) is 20.7 Å². The molecule has 1 aliphatic heterocycles. The van der Waals surface area contributed by atoms with E-state index in [0.29, 0.717) is 42.9 Å². The smallest absolute Gasteiger partial charge is 0.352 e. The largest absolute Gasteiger partial charge is 0.418 e. The van der Waals surface area contributed by atoms with Crippen LogP contribution in [-0.4, -0.2) is 21.8 Å². The highest BCUT2D eigenvalue weighted by molar-refractivity contribution is 14.1. The highest BCUT2D eigenvalue weighted by atomic mass is 127. The highest BCUT2D eigenvalue weighted by Crippen LogP contribution is 2.66. The predicted molar refractivity (Wildman–Crippen MR) is 137 cm³/mol. The Labute approximate surface area is 231 Å². The molecule has 1 aromatic carbocycles. The molecule has 2 N–H and O–H groups in total. The zero-order valence-electron chi connectivity index (χ0n) is 21.1. The monoisotopic (exact) mass is 656 g/mol. The maximum Gasteiger partial charge on any atom is 0.418 e. The van der Waals surface area contributed by atoms with Gasteiger partial charge in [0, 0.05) is 12.0 Å². The van der Waals surface area contributed by atoms with E-state index in [1.165, 1.54) is 0 Å². The first-order chi connectivity index (χ1) is 17.6. The molecule has 38 heavy (non-hydrogen) atoms. The Morgan fingerprint density at radius 1 is 0.974 bits per heavy atom. The number of nitrogens with one attached hydrogen (secondary N) is 2. The van der Waals surface area contributed by atoms with Crippen LogP contribution in [0.3, 0.4) is 0 Å². The molecule has 0 aromatic heterocycles. The first-order valence-electron chi connectivity index (χ1n) is 13.1. The molecule has 1 saturated heterocycles. The lowest BCUT2D eigenvalue weighted by atomic mass is 9.47. The summed E-state index contributed by atoms with van der Waals surface area (Å²) in [5, 5.41) is 5.47. The Morgan fingerprint density at radius 2 is 1.66 bits per heavy atom. The van der Waals surface area contributed by atoms with E-state index in [1.807, 2.05) is 6.92 Å². The van der Waals surface area contributed by atoms with E-state index in [-0.39, 0.29) is 27.2 Å². The van der Waals surface area contributed by atoms with Crippen LogP contribution in [0.25, 0.3) is 0 Å². The lowest BCUT2D eigenvalue weighted by Gasteiger charge is -2.60. The molecule has 11 heteroatoms. The molecule has 3 aliphatic carbocycles. The van der Waals surface area contributed by atoms with Crippen LogP contribution in [0.4, 0.5) is 32.0 Å².